The molecule has 0 aromatic carbocycles. The first kappa shape index (κ1) is 15.8. The molecule has 0 heterocycles. The predicted octanol–water partition coefficient (Wildman–Crippen LogP) is 3.26. The minimum absolute atomic E-state index is 0.00316. The number of hydrogen-bond acceptors (Lipinski definition) is 2. The van der Waals surface area contributed by atoms with Crippen LogP contribution in [0.4, 0.5) is 0 Å². The lowest BCUT2D eigenvalue weighted by molar-refractivity contribution is -0.128. The first-order valence-corrected chi connectivity index (χ1v) is 8.36. The summed E-state index contributed by atoms with van der Waals surface area (Å²) in [6, 6.07) is -0.00316. The SMILES string of the molecule is CC(C)(C)C1CCC(C(=O)N[C@@H]2CCCC[C@H]2O)CC1. The maximum atomic E-state index is 12.3. The molecule has 0 unspecified atom stereocenters. The van der Waals surface area contributed by atoms with Gasteiger partial charge >= 0.3 is 0 Å². The third-order valence-corrected chi connectivity index (χ3v) is 5.38. The molecule has 0 aromatic rings. The summed E-state index contributed by atoms with van der Waals surface area (Å²) in [7, 11) is 0. The predicted molar refractivity (Wildman–Crippen MR) is 81.3 cm³/mol. The number of nitrogens with one attached hydrogen (secondary N) is 1. The first-order chi connectivity index (χ1) is 9.38. The molecule has 3 heteroatoms. The fourth-order valence-electron chi connectivity index (χ4n) is 3.80. The Bertz CT molecular complexity index is 326. The van der Waals surface area contributed by atoms with E-state index in [1.807, 2.05) is 0 Å². The molecule has 2 saturated carbocycles. The van der Waals surface area contributed by atoms with Gasteiger partial charge in [-0.25, -0.2) is 0 Å². The minimum Gasteiger partial charge on any atom is -0.391 e. The van der Waals surface area contributed by atoms with Gasteiger partial charge in [0.15, 0.2) is 0 Å². The summed E-state index contributed by atoms with van der Waals surface area (Å²) in [5, 5.41) is 13.1. The monoisotopic (exact) mass is 281 g/mol. The smallest absolute Gasteiger partial charge is 0.223 e. The summed E-state index contributed by atoms with van der Waals surface area (Å²) in [5.41, 5.74) is 0.362. The Hall–Kier alpha value is -0.570. The highest BCUT2D eigenvalue weighted by molar-refractivity contribution is 5.79. The summed E-state index contributed by atoms with van der Waals surface area (Å²) in [6.45, 7) is 6.91. The summed E-state index contributed by atoms with van der Waals surface area (Å²) in [6.07, 6.45) is 7.99. The van der Waals surface area contributed by atoms with Gasteiger partial charge in [-0.15, -0.1) is 0 Å². The van der Waals surface area contributed by atoms with Crippen LogP contribution in [0.2, 0.25) is 0 Å². The van der Waals surface area contributed by atoms with E-state index >= 15 is 0 Å². The minimum atomic E-state index is -0.335. The molecule has 2 N–H and O–H groups in total. The molecule has 0 spiro atoms. The summed E-state index contributed by atoms with van der Waals surface area (Å²) < 4.78 is 0. The molecule has 2 aliphatic rings. The fraction of sp³-hybridized carbons (Fsp3) is 0.941. The van der Waals surface area contributed by atoms with Gasteiger partial charge < -0.3 is 10.4 Å². The largest absolute Gasteiger partial charge is 0.391 e. The van der Waals surface area contributed by atoms with Crippen LogP contribution in [-0.2, 0) is 4.79 Å². The molecule has 0 aliphatic heterocycles. The maximum Gasteiger partial charge on any atom is 0.223 e. The Balaban J connectivity index is 1.80. The van der Waals surface area contributed by atoms with Gasteiger partial charge in [0.2, 0.25) is 5.91 Å². The molecule has 2 rings (SSSR count). The lowest BCUT2D eigenvalue weighted by atomic mass is 9.69. The van der Waals surface area contributed by atoms with Crippen molar-refractivity contribution < 1.29 is 9.90 Å². The molecule has 2 fully saturated rings. The number of rotatable bonds is 2. The van der Waals surface area contributed by atoms with Crippen molar-refractivity contribution in [1.82, 2.24) is 5.32 Å². The van der Waals surface area contributed by atoms with E-state index in [1.54, 1.807) is 0 Å². The second kappa shape index (κ2) is 6.46. The van der Waals surface area contributed by atoms with Gasteiger partial charge in [0, 0.05) is 5.92 Å². The highest BCUT2D eigenvalue weighted by atomic mass is 16.3. The van der Waals surface area contributed by atoms with Crippen molar-refractivity contribution in [1.29, 1.82) is 0 Å². The van der Waals surface area contributed by atoms with Crippen molar-refractivity contribution in [3.8, 4) is 0 Å². The molecule has 0 radical (unpaired) electrons. The number of carbonyl (C=O) groups is 1. The van der Waals surface area contributed by atoms with Gasteiger partial charge in [0.25, 0.3) is 0 Å². The van der Waals surface area contributed by atoms with Crippen LogP contribution in [0.1, 0.15) is 72.1 Å². The Morgan fingerprint density at radius 2 is 1.60 bits per heavy atom. The van der Waals surface area contributed by atoms with Crippen LogP contribution < -0.4 is 5.32 Å². The second-order valence-corrected chi connectivity index (χ2v) is 7.88. The zero-order valence-electron chi connectivity index (χ0n) is 13.3. The molecule has 3 nitrogen and oxygen atoms in total. The Morgan fingerprint density at radius 1 is 1.00 bits per heavy atom. The second-order valence-electron chi connectivity index (χ2n) is 7.88. The maximum absolute atomic E-state index is 12.3. The molecule has 0 aromatic heterocycles. The van der Waals surface area contributed by atoms with E-state index in [-0.39, 0.29) is 24.0 Å². The van der Waals surface area contributed by atoms with Gasteiger partial charge in [-0.3, -0.25) is 4.79 Å². The third kappa shape index (κ3) is 3.97. The van der Waals surface area contributed by atoms with Crippen LogP contribution in [0.15, 0.2) is 0 Å². The molecule has 2 aliphatic carbocycles. The van der Waals surface area contributed by atoms with Crippen molar-refractivity contribution in [3.63, 3.8) is 0 Å². The lowest BCUT2D eigenvalue weighted by Crippen LogP contribution is -2.47. The molecular formula is C17H31NO2. The van der Waals surface area contributed by atoms with Crippen LogP contribution in [0.3, 0.4) is 0 Å². The number of aliphatic hydroxyl groups is 1. The number of hydrogen-bond donors (Lipinski definition) is 2. The number of aliphatic hydroxyl groups excluding tert-OH is 1. The van der Waals surface area contributed by atoms with Gasteiger partial charge in [0.1, 0.15) is 0 Å². The Morgan fingerprint density at radius 3 is 2.15 bits per heavy atom. The van der Waals surface area contributed by atoms with E-state index in [0.717, 1.165) is 57.3 Å². The van der Waals surface area contributed by atoms with Crippen molar-refractivity contribution >= 4 is 5.91 Å². The van der Waals surface area contributed by atoms with Crippen molar-refractivity contribution in [2.75, 3.05) is 0 Å². The van der Waals surface area contributed by atoms with Gasteiger partial charge in [-0.1, -0.05) is 33.6 Å². The summed E-state index contributed by atoms with van der Waals surface area (Å²) in [4.78, 5) is 12.3. The quantitative estimate of drug-likeness (QED) is 0.816. The van der Waals surface area contributed by atoms with E-state index < -0.39 is 0 Å². The van der Waals surface area contributed by atoms with E-state index in [0.29, 0.717) is 5.41 Å². The van der Waals surface area contributed by atoms with Crippen LogP contribution in [0, 0.1) is 17.3 Å². The van der Waals surface area contributed by atoms with Crippen LogP contribution >= 0.6 is 0 Å². The number of amides is 1. The normalized spacial score (nSPS) is 35.6. The van der Waals surface area contributed by atoms with Gasteiger partial charge in [0.05, 0.1) is 12.1 Å². The van der Waals surface area contributed by atoms with Crippen molar-refractivity contribution in [2.24, 2.45) is 17.3 Å². The van der Waals surface area contributed by atoms with Gasteiger partial charge in [-0.05, 0) is 49.9 Å². The average Bonchev–Trinajstić information content (AvgIpc) is 2.40. The Kier molecular flexibility index (Phi) is 5.11. The molecule has 0 saturated heterocycles. The molecule has 2 atom stereocenters. The molecule has 20 heavy (non-hydrogen) atoms. The first-order valence-electron chi connectivity index (χ1n) is 8.36. The molecule has 1 amide bonds. The summed E-state index contributed by atoms with van der Waals surface area (Å²) in [5.74, 6) is 1.10. The molecule has 116 valence electrons. The van der Waals surface area contributed by atoms with Crippen LogP contribution in [0.25, 0.3) is 0 Å². The van der Waals surface area contributed by atoms with Crippen LogP contribution in [0.5, 0.6) is 0 Å². The molecule has 0 bridgehead atoms. The lowest BCUT2D eigenvalue weighted by Gasteiger charge is -2.37. The zero-order chi connectivity index (χ0) is 14.8. The molecular weight excluding hydrogens is 250 g/mol. The van der Waals surface area contributed by atoms with Crippen molar-refractivity contribution in [2.45, 2.75) is 84.3 Å². The van der Waals surface area contributed by atoms with Crippen LogP contribution in [-0.4, -0.2) is 23.2 Å². The summed E-state index contributed by atoms with van der Waals surface area (Å²) >= 11 is 0. The highest BCUT2D eigenvalue weighted by Crippen LogP contribution is 2.39. The standard InChI is InChI=1S/C17H31NO2/c1-17(2,3)13-10-8-12(9-11-13)16(20)18-14-6-4-5-7-15(14)19/h12-15,19H,4-11H2,1-3H3,(H,18,20)/t12?,13?,14-,15-/m1/s1. The van der Waals surface area contributed by atoms with E-state index in [1.165, 1.54) is 0 Å². The van der Waals surface area contributed by atoms with E-state index in [4.69, 9.17) is 0 Å². The zero-order valence-corrected chi connectivity index (χ0v) is 13.3. The third-order valence-electron chi connectivity index (χ3n) is 5.38. The highest BCUT2D eigenvalue weighted by Gasteiger charge is 2.33. The number of carbonyl (C=O) groups excluding carboxylic acids is 1. The van der Waals surface area contributed by atoms with E-state index in [2.05, 4.69) is 26.1 Å². The average molecular weight is 281 g/mol. The van der Waals surface area contributed by atoms with Gasteiger partial charge in [-0.2, -0.15) is 0 Å². The Labute approximate surface area is 123 Å². The van der Waals surface area contributed by atoms with E-state index in [9.17, 15) is 9.90 Å². The van der Waals surface area contributed by atoms with Crippen molar-refractivity contribution in [3.05, 3.63) is 0 Å². The fourth-order valence-corrected chi connectivity index (χ4v) is 3.80. The topological polar surface area (TPSA) is 49.3 Å².